The van der Waals surface area contributed by atoms with Crippen molar-refractivity contribution in [2.24, 2.45) is 11.3 Å². The van der Waals surface area contributed by atoms with Gasteiger partial charge in [0.2, 0.25) is 0 Å². The van der Waals surface area contributed by atoms with Gasteiger partial charge in [-0.2, -0.15) is 18.3 Å². The molecule has 0 bridgehead atoms. The number of methoxy groups -OCH3 is 2. The summed E-state index contributed by atoms with van der Waals surface area (Å²) in [6.07, 6.45) is -2.46. The van der Waals surface area contributed by atoms with E-state index in [-0.39, 0.29) is 28.0 Å². The molecule has 0 saturated carbocycles. The van der Waals surface area contributed by atoms with Crippen molar-refractivity contribution in [3.8, 4) is 17.0 Å². The molecule has 1 aliphatic carbocycles. The molecule has 1 N–H and O–H groups in total. The highest BCUT2D eigenvalue weighted by Crippen LogP contribution is 2.44. The zero-order chi connectivity index (χ0) is 29.7. The summed E-state index contributed by atoms with van der Waals surface area (Å²) in [5, 5.41) is 6.95. The molecule has 1 amide bonds. The van der Waals surface area contributed by atoms with Crippen molar-refractivity contribution in [1.29, 1.82) is 0 Å². The minimum Gasteiger partial charge on any atom is -0.497 e. The molecule has 12 heteroatoms. The number of alkyl halides is 3. The summed E-state index contributed by atoms with van der Waals surface area (Å²) in [5.74, 6) is -0.393. The van der Waals surface area contributed by atoms with E-state index in [1.807, 2.05) is 0 Å². The molecule has 5 rings (SSSR count). The number of amides is 1. The molecule has 216 valence electrons. The molecule has 1 aromatic carbocycles. The van der Waals surface area contributed by atoms with Crippen LogP contribution in [0.3, 0.4) is 0 Å². The average Bonchev–Trinajstić information content (AvgIpc) is 3.52. The summed E-state index contributed by atoms with van der Waals surface area (Å²) in [4.78, 5) is 31.4. The van der Waals surface area contributed by atoms with Crippen LogP contribution in [-0.4, -0.2) is 40.7 Å². The summed E-state index contributed by atoms with van der Waals surface area (Å²) >= 11 is 1.29. The van der Waals surface area contributed by atoms with Gasteiger partial charge >= 0.3 is 12.1 Å². The van der Waals surface area contributed by atoms with E-state index in [2.05, 4.69) is 36.2 Å². The maximum atomic E-state index is 14.1. The van der Waals surface area contributed by atoms with E-state index in [1.54, 1.807) is 24.3 Å². The Morgan fingerprint density at radius 3 is 2.41 bits per heavy atom. The fourth-order valence-corrected chi connectivity index (χ4v) is 6.41. The highest BCUT2D eigenvalue weighted by atomic mass is 32.1. The molecule has 41 heavy (non-hydrogen) atoms. The zero-order valence-electron chi connectivity index (χ0n) is 23.2. The lowest BCUT2D eigenvalue weighted by molar-refractivity contribution is -0.142. The normalized spacial score (nSPS) is 15.5. The minimum atomic E-state index is -4.77. The smallest absolute Gasteiger partial charge is 0.433 e. The number of hydrogen-bond acceptors (Lipinski definition) is 7. The number of hydrogen-bond donors (Lipinski definition) is 1. The SMILES string of the molecule is COC(=O)c1c(NC(=O)c2cc3nc(-c4ccc(OC)cc4)cc(C(F)(F)F)n3n2)sc2c1CC[C@H](C(C)(C)C)C2. The molecule has 0 radical (unpaired) electrons. The van der Waals surface area contributed by atoms with Gasteiger partial charge in [0.25, 0.3) is 5.91 Å². The molecule has 3 aromatic heterocycles. The van der Waals surface area contributed by atoms with Crippen LogP contribution in [0.15, 0.2) is 36.4 Å². The largest absolute Gasteiger partial charge is 0.497 e. The van der Waals surface area contributed by atoms with Gasteiger partial charge in [-0.25, -0.2) is 14.3 Å². The van der Waals surface area contributed by atoms with Gasteiger partial charge in [0.15, 0.2) is 17.0 Å². The molecule has 8 nitrogen and oxygen atoms in total. The van der Waals surface area contributed by atoms with Crippen LogP contribution in [0.4, 0.5) is 18.2 Å². The number of thiophene rings is 1. The van der Waals surface area contributed by atoms with E-state index in [1.165, 1.54) is 31.6 Å². The Hall–Kier alpha value is -3.93. The maximum absolute atomic E-state index is 14.1. The lowest BCUT2D eigenvalue weighted by Crippen LogP contribution is -2.26. The topological polar surface area (TPSA) is 94.8 Å². The second-order valence-corrected chi connectivity index (χ2v) is 12.1. The summed E-state index contributed by atoms with van der Waals surface area (Å²) in [6.45, 7) is 6.52. The van der Waals surface area contributed by atoms with Crippen LogP contribution >= 0.6 is 11.3 Å². The molecular weight excluding hydrogens is 557 g/mol. The summed E-state index contributed by atoms with van der Waals surface area (Å²) in [7, 11) is 2.76. The Morgan fingerprint density at radius 2 is 1.80 bits per heavy atom. The van der Waals surface area contributed by atoms with Gasteiger partial charge in [-0.3, -0.25) is 4.79 Å². The zero-order valence-corrected chi connectivity index (χ0v) is 24.0. The van der Waals surface area contributed by atoms with E-state index in [0.29, 0.717) is 33.2 Å². The molecule has 4 aromatic rings. The number of rotatable bonds is 5. The Kier molecular flexibility index (Phi) is 7.31. The second-order valence-electron chi connectivity index (χ2n) is 11.0. The van der Waals surface area contributed by atoms with Crippen LogP contribution in [0.1, 0.15) is 64.2 Å². The van der Waals surface area contributed by atoms with Crippen molar-refractivity contribution in [3.63, 3.8) is 0 Å². The van der Waals surface area contributed by atoms with E-state index in [9.17, 15) is 22.8 Å². The van der Waals surface area contributed by atoms with E-state index >= 15 is 0 Å². The second kappa shape index (κ2) is 10.5. The highest BCUT2D eigenvalue weighted by molar-refractivity contribution is 7.17. The van der Waals surface area contributed by atoms with Crippen molar-refractivity contribution in [1.82, 2.24) is 14.6 Å². The standard InChI is InChI=1S/C29H29F3N4O4S/c1-28(2,3)16-8-11-18-21(12-16)41-26(24(18)27(38)40-5)34-25(37)20-14-23-33-19(15-6-9-17(39-4)10-7-15)13-22(29(30,31)32)36(23)35-20/h6-7,9-10,13-14,16H,8,11-12H2,1-5H3,(H,34,37)/t16-/m0/s1. The van der Waals surface area contributed by atoms with Gasteiger partial charge in [0.05, 0.1) is 25.5 Å². The number of ether oxygens (including phenoxy) is 2. The van der Waals surface area contributed by atoms with Crippen molar-refractivity contribution in [3.05, 3.63) is 63.8 Å². The third-order valence-corrected chi connectivity index (χ3v) is 8.61. The van der Waals surface area contributed by atoms with Gasteiger partial charge in [-0.15, -0.1) is 11.3 Å². The first-order chi connectivity index (χ1) is 19.3. The predicted molar refractivity (Wildman–Crippen MR) is 149 cm³/mol. The fourth-order valence-electron chi connectivity index (χ4n) is 5.10. The number of aromatic nitrogens is 3. The molecule has 0 spiro atoms. The molecule has 1 atom stereocenters. The number of nitrogens with zero attached hydrogens (tertiary/aromatic N) is 3. The van der Waals surface area contributed by atoms with Crippen LogP contribution in [0, 0.1) is 11.3 Å². The third-order valence-electron chi connectivity index (χ3n) is 7.44. The Labute approximate surface area is 238 Å². The number of anilines is 1. The van der Waals surface area contributed by atoms with Crippen molar-refractivity contribution >= 4 is 33.9 Å². The van der Waals surface area contributed by atoms with Gasteiger partial charge in [-0.1, -0.05) is 20.8 Å². The van der Waals surface area contributed by atoms with Crippen LogP contribution in [0.2, 0.25) is 0 Å². The first kappa shape index (κ1) is 28.6. The fraction of sp³-hybridized carbons (Fsp3) is 0.379. The van der Waals surface area contributed by atoms with Crippen molar-refractivity contribution in [2.75, 3.05) is 19.5 Å². The van der Waals surface area contributed by atoms with Crippen LogP contribution in [0.5, 0.6) is 5.75 Å². The lowest BCUT2D eigenvalue weighted by Gasteiger charge is -2.33. The highest BCUT2D eigenvalue weighted by Gasteiger charge is 2.37. The summed E-state index contributed by atoms with van der Waals surface area (Å²) in [5.41, 5.74) is 0.194. The number of fused-ring (bicyclic) bond motifs is 2. The number of benzene rings is 1. The van der Waals surface area contributed by atoms with Gasteiger partial charge in [-0.05, 0) is 66.5 Å². The molecule has 1 aliphatic rings. The van der Waals surface area contributed by atoms with Gasteiger partial charge < -0.3 is 14.8 Å². The van der Waals surface area contributed by atoms with Crippen molar-refractivity contribution in [2.45, 2.75) is 46.2 Å². The van der Waals surface area contributed by atoms with E-state index in [4.69, 9.17) is 9.47 Å². The number of carbonyl (C=O) groups is 2. The minimum absolute atomic E-state index is 0.0617. The van der Waals surface area contributed by atoms with Gasteiger partial charge in [0.1, 0.15) is 10.8 Å². The third kappa shape index (κ3) is 5.52. The first-order valence-corrected chi connectivity index (χ1v) is 13.8. The molecule has 0 aliphatic heterocycles. The molecule has 0 unspecified atom stereocenters. The Balaban J connectivity index is 1.52. The predicted octanol–water partition coefficient (Wildman–Crippen LogP) is 6.68. The van der Waals surface area contributed by atoms with E-state index < -0.39 is 23.7 Å². The first-order valence-electron chi connectivity index (χ1n) is 13.0. The number of carbonyl (C=O) groups excluding carboxylic acids is 2. The molecule has 0 saturated heterocycles. The van der Waals surface area contributed by atoms with Crippen molar-refractivity contribution < 1.29 is 32.2 Å². The molecule has 3 heterocycles. The lowest BCUT2D eigenvalue weighted by atomic mass is 9.72. The Morgan fingerprint density at radius 1 is 1.10 bits per heavy atom. The number of halogens is 3. The molecular formula is C29H29F3N4O4S. The number of esters is 1. The maximum Gasteiger partial charge on any atom is 0.433 e. The quantitative estimate of drug-likeness (QED) is 0.262. The monoisotopic (exact) mass is 586 g/mol. The molecule has 0 fully saturated rings. The Bertz CT molecular complexity index is 1630. The van der Waals surface area contributed by atoms with Crippen LogP contribution in [-0.2, 0) is 23.8 Å². The average molecular weight is 587 g/mol. The summed E-state index contributed by atoms with van der Waals surface area (Å²) in [6, 6.07) is 8.51. The summed E-state index contributed by atoms with van der Waals surface area (Å²) < 4.78 is 52.9. The van der Waals surface area contributed by atoms with Gasteiger partial charge in [0, 0.05) is 16.5 Å². The number of nitrogens with one attached hydrogen (secondary N) is 1. The van der Waals surface area contributed by atoms with E-state index in [0.717, 1.165) is 29.3 Å². The van der Waals surface area contributed by atoms with Crippen LogP contribution in [0.25, 0.3) is 16.9 Å². The van der Waals surface area contributed by atoms with Crippen LogP contribution < -0.4 is 10.1 Å².